The van der Waals surface area contributed by atoms with Crippen LogP contribution in [0.1, 0.15) is 39.4 Å². The highest BCUT2D eigenvalue weighted by Gasteiger charge is 2.19. The Balaban J connectivity index is 2.38. The van der Waals surface area contributed by atoms with Gasteiger partial charge in [0.15, 0.2) is 0 Å². The Kier molecular flexibility index (Phi) is 3.32. The second-order valence-electron chi connectivity index (χ2n) is 5.60. The first-order valence-corrected chi connectivity index (χ1v) is 6.25. The lowest BCUT2D eigenvalue weighted by molar-refractivity contribution is 0.0544. The second-order valence-corrected chi connectivity index (χ2v) is 5.60. The molecular formula is C14H19N3O2. The predicted molar refractivity (Wildman–Crippen MR) is 74.0 cm³/mol. The largest absolute Gasteiger partial charge is 0.443 e. The lowest BCUT2D eigenvalue weighted by atomic mass is 10.2. The van der Waals surface area contributed by atoms with Crippen LogP contribution in [0.15, 0.2) is 24.4 Å². The highest BCUT2D eigenvalue weighted by atomic mass is 16.6. The zero-order valence-corrected chi connectivity index (χ0v) is 11.7. The van der Waals surface area contributed by atoms with Gasteiger partial charge in [-0.25, -0.2) is 9.78 Å². The molecule has 102 valence electrons. The molecule has 5 nitrogen and oxygen atoms in total. The van der Waals surface area contributed by atoms with Gasteiger partial charge in [0.1, 0.15) is 5.60 Å². The number of carbonyl (C=O) groups is 1. The summed E-state index contributed by atoms with van der Waals surface area (Å²) >= 11 is 0. The summed E-state index contributed by atoms with van der Waals surface area (Å²) in [7, 11) is 0. The predicted octanol–water partition coefficient (Wildman–Crippen LogP) is 2.84. The van der Waals surface area contributed by atoms with Gasteiger partial charge in [0.05, 0.1) is 16.7 Å². The lowest BCUT2D eigenvalue weighted by Crippen LogP contribution is -2.26. The van der Waals surface area contributed by atoms with Crippen molar-refractivity contribution in [3.05, 3.63) is 30.1 Å². The smallest absolute Gasteiger partial charge is 0.419 e. The Morgan fingerprint density at radius 3 is 2.63 bits per heavy atom. The van der Waals surface area contributed by atoms with E-state index in [0.717, 1.165) is 16.7 Å². The van der Waals surface area contributed by atoms with E-state index < -0.39 is 11.7 Å². The Bertz CT molecular complexity index is 609. The van der Waals surface area contributed by atoms with Gasteiger partial charge in [0.25, 0.3) is 0 Å². The topological polar surface area (TPSA) is 70.1 Å². The fraction of sp³-hybridized carbons (Fsp3) is 0.429. The average Bonchev–Trinajstić information content (AvgIpc) is 2.68. The van der Waals surface area contributed by atoms with E-state index in [4.69, 9.17) is 10.5 Å². The molecule has 2 heterocycles. The van der Waals surface area contributed by atoms with Crippen LogP contribution in [-0.4, -0.2) is 21.2 Å². The minimum absolute atomic E-state index is 0.130. The van der Waals surface area contributed by atoms with Crippen LogP contribution in [-0.2, 0) is 4.74 Å². The third-order valence-electron chi connectivity index (χ3n) is 2.62. The van der Waals surface area contributed by atoms with Gasteiger partial charge in [-0.05, 0) is 45.9 Å². The normalized spacial score (nSPS) is 13.5. The van der Waals surface area contributed by atoms with E-state index >= 15 is 0 Å². The summed E-state index contributed by atoms with van der Waals surface area (Å²) in [4.78, 5) is 16.5. The third kappa shape index (κ3) is 2.93. The van der Waals surface area contributed by atoms with Gasteiger partial charge >= 0.3 is 6.09 Å². The first kappa shape index (κ1) is 13.5. The number of fused-ring (bicyclic) bond motifs is 1. The minimum atomic E-state index is -0.521. The molecule has 0 aromatic carbocycles. The number of hydrogen-bond donors (Lipinski definition) is 1. The molecule has 2 rings (SSSR count). The molecule has 0 saturated carbocycles. The maximum atomic E-state index is 12.0. The molecule has 0 spiro atoms. The maximum absolute atomic E-state index is 12.0. The first-order valence-electron chi connectivity index (χ1n) is 6.25. The fourth-order valence-electron chi connectivity index (χ4n) is 1.76. The quantitative estimate of drug-likeness (QED) is 0.857. The molecule has 19 heavy (non-hydrogen) atoms. The van der Waals surface area contributed by atoms with Crippen LogP contribution in [0.25, 0.3) is 11.0 Å². The van der Waals surface area contributed by atoms with Gasteiger partial charge in [0, 0.05) is 12.2 Å². The Morgan fingerprint density at radius 2 is 2.05 bits per heavy atom. The van der Waals surface area contributed by atoms with Crippen molar-refractivity contribution in [2.75, 3.05) is 0 Å². The third-order valence-corrected chi connectivity index (χ3v) is 2.62. The molecule has 2 aromatic heterocycles. The van der Waals surface area contributed by atoms with Crippen LogP contribution in [0.3, 0.4) is 0 Å². The van der Waals surface area contributed by atoms with E-state index in [1.54, 1.807) is 12.3 Å². The Labute approximate surface area is 112 Å². The first-order chi connectivity index (χ1) is 8.78. The number of ether oxygens (including phenoxy) is 1. The second kappa shape index (κ2) is 4.66. The number of carbonyl (C=O) groups excluding carboxylic acids is 1. The van der Waals surface area contributed by atoms with Crippen LogP contribution in [0, 0.1) is 0 Å². The summed E-state index contributed by atoms with van der Waals surface area (Å²) in [6.45, 7) is 7.38. The number of nitrogens with zero attached hydrogens (tertiary/aromatic N) is 2. The van der Waals surface area contributed by atoms with E-state index in [0.29, 0.717) is 0 Å². The molecule has 5 heteroatoms. The summed E-state index contributed by atoms with van der Waals surface area (Å²) in [5, 5.41) is 0. The molecule has 2 aromatic rings. The number of hydrogen-bond acceptors (Lipinski definition) is 4. The van der Waals surface area contributed by atoms with Crippen molar-refractivity contribution in [2.24, 2.45) is 5.73 Å². The molecular weight excluding hydrogens is 242 g/mol. The van der Waals surface area contributed by atoms with Gasteiger partial charge in [-0.15, -0.1) is 0 Å². The van der Waals surface area contributed by atoms with Gasteiger partial charge in [-0.1, -0.05) is 0 Å². The molecule has 0 unspecified atom stereocenters. The summed E-state index contributed by atoms with van der Waals surface area (Å²) < 4.78 is 6.80. The number of pyridine rings is 1. The molecule has 1 atom stereocenters. The van der Waals surface area contributed by atoms with Crippen molar-refractivity contribution >= 4 is 17.1 Å². The van der Waals surface area contributed by atoms with E-state index in [2.05, 4.69) is 4.98 Å². The van der Waals surface area contributed by atoms with Crippen molar-refractivity contribution in [1.82, 2.24) is 9.55 Å². The van der Waals surface area contributed by atoms with Crippen LogP contribution in [0.2, 0.25) is 0 Å². The van der Waals surface area contributed by atoms with Crippen molar-refractivity contribution in [1.29, 1.82) is 0 Å². The van der Waals surface area contributed by atoms with Gasteiger partial charge in [0.2, 0.25) is 0 Å². The minimum Gasteiger partial charge on any atom is -0.443 e. The number of rotatable bonds is 1. The molecule has 2 N–H and O–H groups in total. The summed E-state index contributed by atoms with van der Waals surface area (Å²) in [6, 6.07) is 5.32. The van der Waals surface area contributed by atoms with Crippen molar-refractivity contribution in [3.8, 4) is 0 Å². The maximum Gasteiger partial charge on any atom is 0.419 e. The number of aromatic nitrogens is 2. The zero-order chi connectivity index (χ0) is 14.2. The van der Waals surface area contributed by atoms with E-state index in [9.17, 15) is 4.79 Å². The average molecular weight is 261 g/mol. The molecule has 0 amide bonds. The summed E-state index contributed by atoms with van der Waals surface area (Å²) in [5.41, 5.74) is 7.53. The van der Waals surface area contributed by atoms with Crippen molar-refractivity contribution in [3.63, 3.8) is 0 Å². The van der Waals surface area contributed by atoms with Gasteiger partial charge in [-0.3, -0.25) is 4.57 Å². The molecule has 0 fully saturated rings. The van der Waals surface area contributed by atoms with E-state index in [1.807, 2.05) is 39.8 Å². The monoisotopic (exact) mass is 261 g/mol. The zero-order valence-electron chi connectivity index (χ0n) is 11.7. The summed E-state index contributed by atoms with van der Waals surface area (Å²) in [6.07, 6.45) is 1.26. The Hall–Kier alpha value is -1.88. The van der Waals surface area contributed by atoms with E-state index in [-0.39, 0.29) is 6.04 Å². The molecule has 0 saturated heterocycles. The lowest BCUT2D eigenvalue weighted by Gasteiger charge is -2.19. The van der Waals surface area contributed by atoms with Gasteiger partial charge < -0.3 is 10.5 Å². The molecule has 0 aliphatic carbocycles. The van der Waals surface area contributed by atoms with Crippen LogP contribution < -0.4 is 5.73 Å². The van der Waals surface area contributed by atoms with Crippen LogP contribution in [0.5, 0.6) is 0 Å². The standard InChI is InChI=1S/C14H19N3O2/c1-9(15)10-5-6-12-11(16-10)7-8-17(12)13(18)19-14(2,3)4/h5-9H,15H2,1-4H3/t9-/m0/s1. The Morgan fingerprint density at radius 1 is 1.37 bits per heavy atom. The molecule has 0 aliphatic heterocycles. The van der Waals surface area contributed by atoms with Crippen molar-refractivity contribution < 1.29 is 9.53 Å². The fourth-order valence-corrected chi connectivity index (χ4v) is 1.76. The summed E-state index contributed by atoms with van der Waals surface area (Å²) in [5.74, 6) is 0. The van der Waals surface area contributed by atoms with Crippen molar-refractivity contribution in [2.45, 2.75) is 39.3 Å². The molecule has 0 bridgehead atoms. The van der Waals surface area contributed by atoms with Gasteiger partial charge in [-0.2, -0.15) is 0 Å². The van der Waals surface area contributed by atoms with Crippen LogP contribution >= 0.6 is 0 Å². The number of nitrogens with two attached hydrogens (primary N) is 1. The molecule has 0 radical (unpaired) electrons. The van der Waals surface area contributed by atoms with Crippen LogP contribution in [0.4, 0.5) is 4.79 Å². The SMILES string of the molecule is C[C@H](N)c1ccc2c(ccn2C(=O)OC(C)(C)C)n1. The molecule has 0 aliphatic rings. The highest BCUT2D eigenvalue weighted by Crippen LogP contribution is 2.18. The van der Waals surface area contributed by atoms with E-state index in [1.165, 1.54) is 4.57 Å². The highest BCUT2D eigenvalue weighted by molar-refractivity contribution is 5.87.